The minimum atomic E-state index is -1.15. The minimum absolute atomic E-state index is 0.0196. The zero-order chi connectivity index (χ0) is 25.1. The fraction of sp³-hybridized carbons (Fsp3) is 0.200. The van der Waals surface area contributed by atoms with Crippen molar-refractivity contribution in [3.63, 3.8) is 0 Å². The molecule has 0 radical (unpaired) electrons. The van der Waals surface area contributed by atoms with Gasteiger partial charge in [-0.1, -0.05) is 30.3 Å². The molecule has 4 rings (SSSR count). The van der Waals surface area contributed by atoms with Gasteiger partial charge in [-0.2, -0.15) is 0 Å². The van der Waals surface area contributed by atoms with Crippen molar-refractivity contribution < 1.29 is 28.8 Å². The highest BCUT2D eigenvalue weighted by Crippen LogP contribution is 2.30. The molecule has 0 saturated carbocycles. The van der Waals surface area contributed by atoms with Crippen molar-refractivity contribution in [1.29, 1.82) is 0 Å². The van der Waals surface area contributed by atoms with E-state index in [4.69, 9.17) is 4.74 Å². The normalized spacial score (nSPS) is 13.5. The molecule has 1 N–H and O–H groups in total. The molecule has 10 heteroatoms. The van der Waals surface area contributed by atoms with Gasteiger partial charge in [-0.15, -0.1) is 0 Å². The first-order chi connectivity index (χ1) is 16.8. The van der Waals surface area contributed by atoms with Crippen molar-refractivity contribution in [3.05, 3.63) is 81.9 Å². The van der Waals surface area contributed by atoms with Crippen LogP contribution in [0.15, 0.2) is 60.7 Å². The van der Waals surface area contributed by atoms with Crippen molar-refractivity contribution in [2.45, 2.75) is 25.9 Å². The topological polar surface area (TPSA) is 136 Å². The number of anilines is 1. The largest absolute Gasteiger partial charge is 0.453 e. The Balaban J connectivity index is 1.31. The Bertz CT molecular complexity index is 1320. The Morgan fingerprint density at radius 1 is 1.03 bits per heavy atom. The number of benzene rings is 3. The lowest BCUT2D eigenvalue weighted by atomic mass is 9.94. The summed E-state index contributed by atoms with van der Waals surface area (Å²) in [6, 6.07) is 15.9. The van der Waals surface area contributed by atoms with Crippen LogP contribution in [0.3, 0.4) is 0 Å². The summed E-state index contributed by atoms with van der Waals surface area (Å²) in [6.07, 6.45) is -1.10. The average Bonchev–Trinajstić information content (AvgIpc) is 2.84. The number of nitro groups is 1. The highest BCUT2D eigenvalue weighted by atomic mass is 16.6. The molecule has 0 bridgehead atoms. The van der Waals surface area contributed by atoms with Crippen molar-refractivity contribution in [2.75, 3.05) is 11.9 Å². The summed E-state index contributed by atoms with van der Waals surface area (Å²) >= 11 is 0. The molecule has 0 aromatic heterocycles. The number of hydrogen-bond acceptors (Lipinski definition) is 7. The van der Waals surface area contributed by atoms with Crippen molar-refractivity contribution in [2.24, 2.45) is 0 Å². The number of nitrogens with one attached hydrogen (secondary N) is 1. The van der Waals surface area contributed by atoms with Gasteiger partial charge in [-0.05, 0) is 36.9 Å². The van der Waals surface area contributed by atoms with E-state index in [1.807, 2.05) is 12.1 Å². The summed E-state index contributed by atoms with van der Waals surface area (Å²) < 4.78 is 5.13. The van der Waals surface area contributed by atoms with E-state index < -0.39 is 34.7 Å². The van der Waals surface area contributed by atoms with E-state index in [1.165, 1.54) is 31.2 Å². The van der Waals surface area contributed by atoms with Crippen LogP contribution >= 0.6 is 0 Å². The lowest BCUT2D eigenvalue weighted by Crippen LogP contribution is -2.41. The molecule has 1 unspecified atom stereocenters. The van der Waals surface area contributed by atoms with E-state index in [1.54, 1.807) is 24.3 Å². The third-order valence-electron chi connectivity index (χ3n) is 5.62. The first-order valence-electron chi connectivity index (χ1n) is 10.9. The van der Waals surface area contributed by atoms with Gasteiger partial charge in [0.1, 0.15) is 0 Å². The molecule has 0 saturated heterocycles. The van der Waals surface area contributed by atoms with Gasteiger partial charge >= 0.3 is 5.97 Å². The molecule has 1 atom stereocenters. The van der Waals surface area contributed by atoms with Crippen LogP contribution in [0, 0.1) is 10.1 Å². The summed E-state index contributed by atoms with van der Waals surface area (Å²) in [5.41, 5.74) is 0.885. The second kappa shape index (κ2) is 9.72. The number of hydrogen-bond donors (Lipinski definition) is 1. The zero-order valence-corrected chi connectivity index (χ0v) is 18.7. The van der Waals surface area contributed by atoms with Gasteiger partial charge < -0.3 is 10.1 Å². The quantitative estimate of drug-likeness (QED) is 0.227. The average molecular weight is 475 g/mol. The summed E-state index contributed by atoms with van der Waals surface area (Å²) in [5, 5.41) is 14.8. The standard InChI is InChI=1S/C25H21N3O7/c1-15(23(30)26-17-8-4-9-18(14-17)28(33)34)35-21(29)12-5-13-27-24(31)19-10-2-6-16-7-3-11-20(22(16)19)25(27)32/h2-4,6-11,14-15H,5,12-13H2,1H3,(H,26,30). The number of rotatable bonds is 8. The number of ether oxygens (including phenoxy) is 1. The highest BCUT2D eigenvalue weighted by Gasteiger charge is 2.32. The van der Waals surface area contributed by atoms with Gasteiger partial charge in [-0.25, -0.2) is 0 Å². The lowest BCUT2D eigenvalue weighted by Gasteiger charge is -2.27. The van der Waals surface area contributed by atoms with E-state index in [0.29, 0.717) is 16.5 Å². The smallest absolute Gasteiger partial charge is 0.306 e. The van der Waals surface area contributed by atoms with Crippen LogP contribution in [0.4, 0.5) is 11.4 Å². The molecule has 3 amide bonds. The first kappa shape index (κ1) is 23.6. The molecule has 1 heterocycles. The SMILES string of the molecule is CC(OC(=O)CCCN1C(=O)c2cccc3cccc(c23)C1=O)C(=O)Nc1cccc([N+](=O)[O-])c1. The minimum Gasteiger partial charge on any atom is -0.453 e. The van der Waals surface area contributed by atoms with Crippen LogP contribution in [0.2, 0.25) is 0 Å². The molecule has 1 aliphatic heterocycles. The maximum absolute atomic E-state index is 12.9. The van der Waals surface area contributed by atoms with Crippen LogP contribution < -0.4 is 5.32 Å². The number of non-ortho nitro benzene ring substituents is 1. The van der Waals surface area contributed by atoms with Crippen LogP contribution in [0.25, 0.3) is 10.8 Å². The number of carbonyl (C=O) groups is 4. The van der Waals surface area contributed by atoms with E-state index in [-0.39, 0.29) is 30.8 Å². The van der Waals surface area contributed by atoms with Gasteiger partial charge in [0, 0.05) is 47.3 Å². The Labute approximate surface area is 199 Å². The predicted octanol–water partition coefficient (Wildman–Crippen LogP) is 3.69. The Hall–Kier alpha value is -4.60. The summed E-state index contributed by atoms with van der Waals surface area (Å²) in [6.45, 7) is 1.39. The number of nitrogens with zero attached hydrogens (tertiary/aromatic N) is 2. The van der Waals surface area contributed by atoms with Gasteiger partial charge in [0.05, 0.1) is 4.92 Å². The van der Waals surface area contributed by atoms with Crippen LogP contribution in [-0.4, -0.2) is 46.2 Å². The summed E-state index contributed by atoms with van der Waals surface area (Å²) in [4.78, 5) is 61.7. The molecule has 3 aromatic carbocycles. The molecule has 0 fully saturated rings. The zero-order valence-electron chi connectivity index (χ0n) is 18.7. The number of nitro benzene ring substituents is 1. The molecular weight excluding hydrogens is 454 g/mol. The maximum atomic E-state index is 12.9. The van der Waals surface area contributed by atoms with Crippen molar-refractivity contribution in [3.8, 4) is 0 Å². The van der Waals surface area contributed by atoms with Crippen molar-refractivity contribution in [1.82, 2.24) is 4.90 Å². The molecule has 0 spiro atoms. The Morgan fingerprint density at radius 2 is 1.66 bits per heavy atom. The fourth-order valence-electron chi connectivity index (χ4n) is 3.92. The Morgan fingerprint density at radius 3 is 2.29 bits per heavy atom. The summed E-state index contributed by atoms with van der Waals surface area (Å²) in [7, 11) is 0. The van der Waals surface area contributed by atoms with Crippen LogP contribution in [-0.2, 0) is 14.3 Å². The number of amides is 3. The molecule has 1 aliphatic rings. The molecule has 10 nitrogen and oxygen atoms in total. The van der Waals surface area contributed by atoms with Crippen LogP contribution in [0.1, 0.15) is 40.5 Å². The van der Waals surface area contributed by atoms with E-state index in [0.717, 1.165) is 10.3 Å². The second-order valence-corrected chi connectivity index (χ2v) is 8.00. The third kappa shape index (κ3) is 4.86. The second-order valence-electron chi connectivity index (χ2n) is 8.00. The van der Waals surface area contributed by atoms with Gasteiger partial charge in [0.2, 0.25) is 0 Å². The van der Waals surface area contributed by atoms with Gasteiger partial charge in [0.25, 0.3) is 23.4 Å². The first-order valence-corrected chi connectivity index (χ1v) is 10.9. The van der Waals surface area contributed by atoms with E-state index in [2.05, 4.69) is 5.32 Å². The lowest BCUT2D eigenvalue weighted by molar-refractivity contribution is -0.384. The summed E-state index contributed by atoms with van der Waals surface area (Å²) in [5.74, 6) is -2.16. The maximum Gasteiger partial charge on any atom is 0.306 e. The molecule has 0 aliphatic carbocycles. The number of imide groups is 1. The van der Waals surface area contributed by atoms with Crippen molar-refractivity contribution >= 4 is 45.8 Å². The molecule has 178 valence electrons. The van der Waals surface area contributed by atoms with Gasteiger partial charge in [0.15, 0.2) is 6.10 Å². The molecular formula is C25H21N3O7. The van der Waals surface area contributed by atoms with Gasteiger partial charge in [-0.3, -0.25) is 34.2 Å². The molecule has 3 aromatic rings. The highest BCUT2D eigenvalue weighted by molar-refractivity contribution is 6.25. The number of esters is 1. The van der Waals surface area contributed by atoms with E-state index >= 15 is 0 Å². The number of carbonyl (C=O) groups excluding carboxylic acids is 4. The van der Waals surface area contributed by atoms with Crippen LogP contribution in [0.5, 0.6) is 0 Å². The van der Waals surface area contributed by atoms with E-state index in [9.17, 15) is 29.3 Å². The predicted molar refractivity (Wildman–Crippen MR) is 126 cm³/mol. The fourth-order valence-corrected chi connectivity index (χ4v) is 3.92. The third-order valence-corrected chi connectivity index (χ3v) is 5.62. The Kier molecular flexibility index (Phi) is 6.54. The molecule has 35 heavy (non-hydrogen) atoms. The monoisotopic (exact) mass is 475 g/mol.